The third-order valence-corrected chi connectivity index (χ3v) is 7.16. The van der Waals surface area contributed by atoms with Gasteiger partial charge in [0.1, 0.15) is 5.72 Å². The van der Waals surface area contributed by atoms with E-state index in [4.69, 9.17) is 4.74 Å². The van der Waals surface area contributed by atoms with Crippen molar-refractivity contribution in [3.63, 3.8) is 0 Å². The van der Waals surface area contributed by atoms with Crippen molar-refractivity contribution in [2.24, 2.45) is 0 Å². The van der Waals surface area contributed by atoms with Crippen LogP contribution in [0.25, 0.3) is 0 Å². The Labute approximate surface area is 169 Å². The van der Waals surface area contributed by atoms with Crippen molar-refractivity contribution in [1.82, 2.24) is 9.21 Å². The van der Waals surface area contributed by atoms with Crippen molar-refractivity contribution in [3.8, 4) is 0 Å². The van der Waals surface area contributed by atoms with E-state index in [1.54, 1.807) is 14.1 Å². The van der Waals surface area contributed by atoms with Crippen LogP contribution in [0.1, 0.15) is 44.1 Å². The molecule has 10 heteroatoms. The fourth-order valence-electron chi connectivity index (χ4n) is 3.40. The summed E-state index contributed by atoms with van der Waals surface area (Å²) in [6, 6.07) is 3.43. The molecule has 0 spiro atoms. The van der Waals surface area contributed by atoms with Crippen LogP contribution in [0.4, 0.5) is 13.2 Å². The van der Waals surface area contributed by atoms with Gasteiger partial charge in [-0.3, -0.25) is 4.79 Å². The van der Waals surface area contributed by atoms with Gasteiger partial charge in [0.2, 0.25) is 15.9 Å². The molecule has 29 heavy (non-hydrogen) atoms. The summed E-state index contributed by atoms with van der Waals surface area (Å²) in [6.07, 6.45) is -1.05. The molecule has 0 aromatic heterocycles. The molecule has 1 saturated carbocycles. The van der Waals surface area contributed by atoms with Gasteiger partial charge in [-0.05, 0) is 49.9 Å². The zero-order valence-corrected chi connectivity index (χ0v) is 17.6. The molecule has 164 valence electrons. The van der Waals surface area contributed by atoms with Crippen LogP contribution in [0.5, 0.6) is 0 Å². The molecule has 0 aliphatic heterocycles. The second-order valence-corrected chi connectivity index (χ2v) is 9.36. The number of rotatable bonds is 7. The van der Waals surface area contributed by atoms with Gasteiger partial charge < -0.3 is 9.64 Å². The number of nitrogens with zero attached hydrogens (tertiary/aromatic N) is 2. The second-order valence-electron chi connectivity index (χ2n) is 7.39. The van der Waals surface area contributed by atoms with Crippen molar-refractivity contribution < 1.29 is 31.1 Å². The highest BCUT2D eigenvalue weighted by molar-refractivity contribution is 7.89. The van der Waals surface area contributed by atoms with Crippen molar-refractivity contribution in [2.75, 3.05) is 27.7 Å². The van der Waals surface area contributed by atoms with Gasteiger partial charge >= 0.3 is 6.18 Å². The molecular weight excluding hydrogens is 409 g/mol. The summed E-state index contributed by atoms with van der Waals surface area (Å²) in [7, 11) is 0.550. The second kappa shape index (κ2) is 9.01. The predicted octanol–water partition coefficient (Wildman–Crippen LogP) is 3.48. The lowest BCUT2D eigenvalue weighted by Gasteiger charge is -2.43. The SMILES string of the molecule is CN(C)C(=O)CCOC1(N(C)S(=O)(=O)c2ccc(C(F)(F)F)cc2)CCCCC1. The fraction of sp³-hybridized carbons (Fsp3) is 0.632. The average molecular weight is 436 g/mol. The highest BCUT2D eigenvalue weighted by Gasteiger charge is 2.44. The topological polar surface area (TPSA) is 66.9 Å². The van der Waals surface area contributed by atoms with Crippen LogP contribution in [0.3, 0.4) is 0 Å². The summed E-state index contributed by atoms with van der Waals surface area (Å²) in [5, 5.41) is 0. The van der Waals surface area contributed by atoms with Crippen molar-refractivity contribution in [3.05, 3.63) is 29.8 Å². The first-order valence-corrected chi connectivity index (χ1v) is 10.8. The Bertz CT molecular complexity index is 802. The van der Waals surface area contributed by atoms with Crippen LogP contribution in [-0.4, -0.2) is 57.0 Å². The number of hydrogen-bond donors (Lipinski definition) is 0. The Morgan fingerprint density at radius 2 is 1.62 bits per heavy atom. The maximum absolute atomic E-state index is 13.1. The van der Waals surface area contributed by atoms with Crippen molar-refractivity contribution >= 4 is 15.9 Å². The maximum Gasteiger partial charge on any atom is 0.416 e. The number of alkyl halides is 3. The summed E-state index contributed by atoms with van der Waals surface area (Å²) < 4.78 is 71.6. The van der Waals surface area contributed by atoms with Crippen LogP contribution < -0.4 is 0 Å². The molecule has 1 amide bonds. The summed E-state index contributed by atoms with van der Waals surface area (Å²) in [6.45, 7) is 0.0594. The standard InChI is InChI=1S/C19H27F3N2O4S/c1-23(2)17(25)11-14-28-18(12-5-4-6-13-18)24(3)29(26,27)16-9-7-15(8-10-16)19(20,21)22/h7-10H,4-6,11-14H2,1-3H3. The lowest BCUT2D eigenvalue weighted by atomic mass is 9.91. The molecule has 1 aromatic rings. The Morgan fingerprint density at radius 1 is 1.07 bits per heavy atom. The third-order valence-electron chi connectivity index (χ3n) is 5.23. The van der Waals surface area contributed by atoms with E-state index in [1.807, 2.05) is 0 Å². The number of benzene rings is 1. The molecule has 0 atom stereocenters. The van der Waals surface area contributed by atoms with Gasteiger partial charge in [0, 0.05) is 21.1 Å². The molecule has 0 unspecified atom stereocenters. The highest BCUT2D eigenvalue weighted by atomic mass is 32.2. The molecule has 1 aromatic carbocycles. The number of carbonyl (C=O) groups excluding carboxylic acids is 1. The molecule has 1 aliphatic carbocycles. The summed E-state index contributed by atoms with van der Waals surface area (Å²) >= 11 is 0. The van der Waals surface area contributed by atoms with Gasteiger partial charge in [0.15, 0.2) is 0 Å². The maximum atomic E-state index is 13.1. The van der Waals surface area contributed by atoms with E-state index >= 15 is 0 Å². The van der Waals surface area contributed by atoms with E-state index in [9.17, 15) is 26.4 Å². The number of carbonyl (C=O) groups is 1. The Kier molecular flexibility index (Phi) is 7.34. The van der Waals surface area contributed by atoms with Crippen molar-refractivity contribution in [1.29, 1.82) is 0 Å². The smallest absolute Gasteiger partial charge is 0.359 e. The van der Waals surface area contributed by atoms with Gasteiger partial charge in [-0.25, -0.2) is 8.42 Å². The van der Waals surface area contributed by atoms with Crippen molar-refractivity contribution in [2.45, 2.75) is 55.3 Å². The lowest BCUT2D eigenvalue weighted by Crippen LogP contribution is -2.53. The van der Waals surface area contributed by atoms with E-state index in [0.717, 1.165) is 47.8 Å². The molecule has 0 heterocycles. The molecule has 0 bridgehead atoms. The first-order chi connectivity index (χ1) is 13.4. The van der Waals surface area contributed by atoms with Gasteiger partial charge in [0.05, 0.1) is 23.5 Å². The first kappa shape index (κ1) is 23.6. The molecule has 1 fully saturated rings. The third kappa shape index (κ3) is 5.49. The van der Waals surface area contributed by atoms with E-state index in [-0.39, 0.29) is 23.8 Å². The summed E-state index contributed by atoms with van der Waals surface area (Å²) in [4.78, 5) is 13.0. The van der Waals surface area contributed by atoms with Gasteiger partial charge in [0.25, 0.3) is 0 Å². The molecule has 1 aliphatic rings. The summed E-state index contributed by atoms with van der Waals surface area (Å²) in [5.74, 6) is -0.135. The minimum Gasteiger partial charge on any atom is -0.359 e. The Hall–Kier alpha value is -1.65. The number of hydrogen-bond acceptors (Lipinski definition) is 4. The van der Waals surface area contributed by atoms with E-state index in [2.05, 4.69) is 0 Å². The molecule has 6 nitrogen and oxygen atoms in total. The first-order valence-electron chi connectivity index (χ1n) is 9.40. The van der Waals surface area contributed by atoms with Crippen LogP contribution in [0.15, 0.2) is 29.2 Å². The number of halogens is 3. The monoisotopic (exact) mass is 436 g/mol. The Morgan fingerprint density at radius 3 is 2.10 bits per heavy atom. The van der Waals surface area contributed by atoms with Gasteiger partial charge in [-0.15, -0.1) is 0 Å². The highest BCUT2D eigenvalue weighted by Crippen LogP contribution is 2.38. The Balaban J connectivity index is 2.25. The zero-order valence-electron chi connectivity index (χ0n) is 16.8. The number of ether oxygens (including phenoxy) is 1. The molecule has 0 radical (unpaired) electrons. The zero-order chi connectivity index (χ0) is 21.9. The van der Waals surface area contributed by atoms with E-state index < -0.39 is 27.5 Å². The number of amides is 1. The molecule has 0 saturated heterocycles. The van der Waals surface area contributed by atoms with Crippen LogP contribution in [0, 0.1) is 0 Å². The lowest BCUT2D eigenvalue weighted by molar-refractivity contribution is -0.146. The van der Waals surface area contributed by atoms with Crippen LogP contribution in [0.2, 0.25) is 0 Å². The van der Waals surface area contributed by atoms with E-state index in [1.165, 1.54) is 11.9 Å². The molecular formula is C19H27F3N2O4S. The fourth-order valence-corrected chi connectivity index (χ4v) is 4.87. The largest absolute Gasteiger partial charge is 0.416 e. The summed E-state index contributed by atoms with van der Waals surface area (Å²) in [5.41, 5.74) is -2.03. The molecule has 0 N–H and O–H groups in total. The minimum absolute atomic E-state index is 0.0594. The average Bonchev–Trinajstić information content (AvgIpc) is 2.67. The minimum atomic E-state index is -4.54. The van der Waals surface area contributed by atoms with E-state index in [0.29, 0.717) is 12.8 Å². The number of sulfonamides is 1. The molecule has 2 rings (SSSR count). The van der Waals surface area contributed by atoms with Crippen LogP contribution >= 0.6 is 0 Å². The quantitative estimate of drug-likeness (QED) is 0.614. The van der Waals surface area contributed by atoms with Crippen LogP contribution in [-0.2, 0) is 25.7 Å². The predicted molar refractivity (Wildman–Crippen MR) is 101 cm³/mol. The van der Waals surface area contributed by atoms with Gasteiger partial charge in [-0.1, -0.05) is 6.42 Å². The normalized spacial score (nSPS) is 17.3. The van der Waals surface area contributed by atoms with Gasteiger partial charge in [-0.2, -0.15) is 17.5 Å².